The molecule has 0 aromatic carbocycles. The summed E-state index contributed by atoms with van der Waals surface area (Å²) in [7, 11) is 0. The third-order valence-corrected chi connectivity index (χ3v) is 2.47. The van der Waals surface area contributed by atoms with E-state index in [1.54, 1.807) is 0 Å². The van der Waals surface area contributed by atoms with E-state index in [4.69, 9.17) is 0 Å². The topological polar surface area (TPSA) is 42.7 Å². The van der Waals surface area contributed by atoms with Crippen LogP contribution in [0.3, 0.4) is 0 Å². The number of hydrogen-bond donors (Lipinski definition) is 1. The summed E-state index contributed by atoms with van der Waals surface area (Å²) in [6, 6.07) is 0.323. The van der Waals surface area contributed by atoms with Gasteiger partial charge in [0.1, 0.15) is 6.33 Å². The molecule has 1 atom stereocenters. The highest BCUT2D eigenvalue weighted by atomic mass is 15.3. The van der Waals surface area contributed by atoms with Crippen molar-refractivity contribution < 1.29 is 0 Å². The van der Waals surface area contributed by atoms with Crippen molar-refractivity contribution in [2.45, 2.75) is 33.4 Å². The zero-order chi connectivity index (χ0) is 9.47. The van der Waals surface area contributed by atoms with Crippen LogP contribution in [0.25, 0.3) is 0 Å². The molecule has 1 aromatic rings. The monoisotopic (exact) mass is 180 g/mol. The van der Waals surface area contributed by atoms with Gasteiger partial charge in [0.15, 0.2) is 5.82 Å². The molecule has 72 valence electrons. The van der Waals surface area contributed by atoms with Gasteiger partial charge in [0.05, 0.1) is 6.04 Å². The Bertz CT molecular complexity index is 297. The fraction of sp³-hybridized carbons (Fsp3) is 0.778. The maximum atomic E-state index is 4.16. The maximum absolute atomic E-state index is 4.16. The molecule has 13 heavy (non-hydrogen) atoms. The Kier molecular flexibility index (Phi) is 1.87. The number of rotatable bonds is 0. The normalized spacial score (nSPS) is 22.8. The molecule has 0 spiro atoms. The molecule has 0 saturated heterocycles. The van der Waals surface area contributed by atoms with E-state index in [1.165, 1.54) is 0 Å². The van der Waals surface area contributed by atoms with Crippen molar-refractivity contribution in [3.63, 3.8) is 0 Å². The lowest BCUT2D eigenvalue weighted by Gasteiger charge is -2.34. The van der Waals surface area contributed by atoms with Gasteiger partial charge in [-0.25, -0.2) is 0 Å². The Balaban J connectivity index is 2.35. The first kappa shape index (κ1) is 8.69. The van der Waals surface area contributed by atoms with Crippen LogP contribution >= 0.6 is 0 Å². The predicted octanol–water partition coefficient (Wildman–Crippen LogP) is 0.968. The summed E-state index contributed by atoms with van der Waals surface area (Å²) >= 11 is 0. The Morgan fingerprint density at radius 1 is 1.54 bits per heavy atom. The average Bonchev–Trinajstić information content (AvgIpc) is 2.48. The molecular weight excluding hydrogens is 164 g/mol. The van der Waals surface area contributed by atoms with Crippen LogP contribution in [-0.2, 0) is 6.54 Å². The lowest BCUT2D eigenvalue weighted by atomic mass is 9.85. The Morgan fingerprint density at radius 2 is 2.31 bits per heavy atom. The number of nitrogens with one attached hydrogen (secondary N) is 1. The lowest BCUT2D eigenvalue weighted by Crippen LogP contribution is -2.40. The maximum Gasteiger partial charge on any atom is 0.150 e. The van der Waals surface area contributed by atoms with Crippen molar-refractivity contribution in [1.29, 1.82) is 0 Å². The van der Waals surface area contributed by atoms with Crippen molar-refractivity contribution in [2.75, 3.05) is 6.54 Å². The van der Waals surface area contributed by atoms with E-state index in [0.29, 0.717) is 6.04 Å². The van der Waals surface area contributed by atoms with Gasteiger partial charge in [-0.15, -0.1) is 10.2 Å². The van der Waals surface area contributed by atoms with Gasteiger partial charge in [0, 0.05) is 13.1 Å². The van der Waals surface area contributed by atoms with Crippen LogP contribution in [-0.4, -0.2) is 21.3 Å². The summed E-state index contributed by atoms with van der Waals surface area (Å²) in [6.45, 7) is 8.64. The number of fused-ring (bicyclic) bond motifs is 1. The molecule has 1 unspecified atom stereocenters. The van der Waals surface area contributed by atoms with Crippen LogP contribution in [0.2, 0.25) is 0 Å². The molecule has 1 aromatic heterocycles. The van der Waals surface area contributed by atoms with Crippen LogP contribution in [0, 0.1) is 5.41 Å². The summed E-state index contributed by atoms with van der Waals surface area (Å²) in [6.07, 6.45) is 1.81. The zero-order valence-corrected chi connectivity index (χ0v) is 8.41. The van der Waals surface area contributed by atoms with Gasteiger partial charge in [0.25, 0.3) is 0 Å². The van der Waals surface area contributed by atoms with Crippen molar-refractivity contribution in [2.24, 2.45) is 5.41 Å². The van der Waals surface area contributed by atoms with E-state index in [2.05, 4.69) is 40.9 Å². The standard InChI is InChI=1S/C9H16N4/c1-9(2,3)7-8-12-11-6-13(8)5-4-10-7/h6-7,10H,4-5H2,1-3H3. The second-order valence-corrected chi connectivity index (χ2v) is 4.64. The van der Waals surface area contributed by atoms with Gasteiger partial charge >= 0.3 is 0 Å². The van der Waals surface area contributed by atoms with Crippen molar-refractivity contribution in [1.82, 2.24) is 20.1 Å². The summed E-state index contributed by atoms with van der Waals surface area (Å²) in [4.78, 5) is 0. The van der Waals surface area contributed by atoms with Crippen molar-refractivity contribution >= 4 is 0 Å². The smallest absolute Gasteiger partial charge is 0.150 e. The molecular formula is C9H16N4. The molecule has 4 nitrogen and oxygen atoms in total. The molecule has 4 heteroatoms. The third kappa shape index (κ3) is 1.46. The first-order valence-electron chi connectivity index (χ1n) is 4.70. The van der Waals surface area contributed by atoms with E-state index in [0.717, 1.165) is 18.9 Å². The highest BCUT2D eigenvalue weighted by Gasteiger charge is 2.31. The number of nitrogens with zero attached hydrogens (tertiary/aromatic N) is 3. The molecule has 0 bridgehead atoms. The molecule has 1 aliphatic heterocycles. The summed E-state index contributed by atoms with van der Waals surface area (Å²) in [5.41, 5.74) is 0.200. The van der Waals surface area contributed by atoms with E-state index in [1.807, 2.05) is 6.33 Å². The molecule has 0 aliphatic carbocycles. The van der Waals surface area contributed by atoms with Crippen LogP contribution in [0.5, 0.6) is 0 Å². The lowest BCUT2D eigenvalue weighted by molar-refractivity contribution is 0.233. The molecule has 0 saturated carbocycles. The van der Waals surface area contributed by atoms with Gasteiger partial charge in [-0.3, -0.25) is 0 Å². The van der Waals surface area contributed by atoms with Gasteiger partial charge in [-0.05, 0) is 5.41 Å². The SMILES string of the molecule is CC(C)(C)C1NCCn2cnnc21. The fourth-order valence-electron chi connectivity index (χ4n) is 1.77. The molecule has 0 fully saturated rings. The van der Waals surface area contributed by atoms with Gasteiger partial charge in [0.2, 0.25) is 0 Å². The second-order valence-electron chi connectivity index (χ2n) is 4.64. The van der Waals surface area contributed by atoms with Crippen LogP contribution in [0.15, 0.2) is 6.33 Å². The average molecular weight is 180 g/mol. The highest BCUT2D eigenvalue weighted by Crippen LogP contribution is 2.32. The first-order valence-corrected chi connectivity index (χ1v) is 4.70. The summed E-state index contributed by atoms with van der Waals surface area (Å²) in [5.74, 6) is 1.07. The van der Waals surface area contributed by atoms with Gasteiger partial charge in [-0.1, -0.05) is 20.8 Å². The molecule has 0 radical (unpaired) electrons. The Labute approximate surface area is 78.4 Å². The Hall–Kier alpha value is -0.900. The Morgan fingerprint density at radius 3 is 3.00 bits per heavy atom. The predicted molar refractivity (Wildman–Crippen MR) is 50.2 cm³/mol. The minimum absolute atomic E-state index is 0.200. The second kappa shape index (κ2) is 2.80. The van der Waals surface area contributed by atoms with Gasteiger partial charge < -0.3 is 9.88 Å². The third-order valence-electron chi connectivity index (χ3n) is 2.47. The largest absolute Gasteiger partial charge is 0.315 e. The molecule has 1 N–H and O–H groups in total. The van der Waals surface area contributed by atoms with E-state index >= 15 is 0 Å². The summed E-state index contributed by atoms with van der Waals surface area (Å²) < 4.78 is 2.13. The highest BCUT2D eigenvalue weighted by molar-refractivity contribution is 5.03. The van der Waals surface area contributed by atoms with E-state index in [9.17, 15) is 0 Å². The van der Waals surface area contributed by atoms with E-state index in [-0.39, 0.29) is 5.41 Å². The quantitative estimate of drug-likeness (QED) is 0.647. The summed E-state index contributed by atoms with van der Waals surface area (Å²) in [5, 5.41) is 11.6. The molecule has 0 amide bonds. The van der Waals surface area contributed by atoms with Crippen molar-refractivity contribution in [3.05, 3.63) is 12.2 Å². The van der Waals surface area contributed by atoms with Crippen molar-refractivity contribution in [3.8, 4) is 0 Å². The molecule has 2 heterocycles. The number of hydrogen-bond acceptors (Lipinski definition) is 3. The van der Waals surface area contributed by atoms with Gasteiger partial charge in [-0.2, -0.15) is 0 Å². The van der Waals surface area contributed by atoms with Crippen LogP contribution in [0.1, 0.15) is 32.6 Å². The minimum Gasteiger partial charge on any atom is -0.315 e. The first-order chi connectivity index (χ1) is 6.09. The van der Waals surface area contributed by atoms with E-state index < -0.39 is 0 Å². The van der Waals surface area contributed by atoms with Crippen LogP contribution < -0.4 is 5.32 Å². The minimum atomic E-state index is 0.200. The zero-order valence-electron chi connectivity index (χ0n) is 8.41. The van der Waals surface area contributed by atoms with Crippen LogP contribution in [0.4, 0.5) is 0 Å². The number of aromatic nitrogens is 3. The molecule has 1 aliphatic rings. The molecule has 2 rings (SSSR count). The fourth-order valence-corrected chi connectivity index (χ4v) is 1.77.